The number of halogens is 2. The zero-order valence-electron chi connectivity index (χ0n) is 16.7. The van der Waals surface area contributed by atoms with Gasteiger partial charge in [0.25, 0.3) is 5.91 Å². The van der Waals surface area contributed by atoms with Crippen LogP contribution in [0.15, 0.2) is 53.9 Å². The van der Waals surface area contributed by atoms with E-state index in [0.29, 0.717) is 38.5 Å². The van der Waals surface area contributed by atoms with Crippen LogP contribution in [0.4, 0.5) is 8.78 Å². The molecule has 1 aliphatic rings. The van der Waals surface area contributed by atoms with Crippen molar-refractivity contribution in [2.24, 2.45) is 5.92 Å². The van der Waals surface area contributed by atoms with E-state index in [-0.39, 0.29) is 17.4 Å². The second-order valence-corrected chi connectivity index (χ2v) is 8.34. The average Bonchev–Trinajstić information content (AvgIpc) is 3.27. The molecule has 5 nitrogen and oxygen atoms in total. The molecule has 160 valence electrons. The molecule has 2 heterocycles. The van der Waals surface area contributed by atoms with Crippen molar-refractivity contribution in [2.45, 2.75) is 19.4 Å². The number of hydrogen-bond acceptors (Lipinski definition) is 4. The van der Waals surface area contributed by atoms with Crippen molar-refractivity contribution >= 4 is 23.2 Å². The Morgan fingerprint density at radius 1 is 1.10 bits per heavy atom. The number of likely N-dealkylation sites (tertiary alicyclic amines) is 1. The predicted octanol–water partition coefficient (Wildman–Crippen LogP) is 4.26. The van der Waals surface area contributed by atoms with Crippen molar-refractivity contribution in [1.82, 2.24) is 15.2 Å². The molecule has 0 radical (unpaired) electrons. The molecule has 1 saturated heterocycles. The van der Waals surface area contributed by atoms with E-state index in [0.717, 1.165) is 28.4 Å². The largest absolute Gasteiger partial charge is 0.349 e. The first-order chi connectivity index (χ1) is 15.0. The third-order valence-corrected chi connectivity index (χ3v) is 6.20. The molecule has 2 amide bonds. The Labute approximate surface area is 182 Å². The van der Waals surface area contributed by atoms with Gasteiger partial charge in [-0.3, -0.25) is 9.59 Å². The quantitative estimate of drug-likeness (QED) is 0.644. The van der Waals surface area contributed by atoms with Crippen molar-refractivity contribution in [3.8, 4) is 11.3 Å². The summed E-state index contributed by atoms with van der Waals surface area (Å²) in [5, 5.41) is 5.72. The molecule has 0 spiro atoms. The van der Waals surface area contributed by atoms with Crippen LogP contribution in [-0.2, 0) is 11.3 Å². The van der Waals surface area contributed by atoms with Gasteiger partial charge in [0.15, 0.2) is 0 Å². The average molecular weight is 442 g/mol. The summed E-state index contributed by atoms with van der Waals surface area (Å²) >= 11 is 1.50. The number of carbonyl (C=O) groups is 2. The second-order valence-electron chi connectivity index (χ2n) is 7.40. The molecule has 0 aliphatic carbocycles. The maximum absolute atomic E-state index is 13.9. The summed E-state index contributed by atoms with van der Waals surface area (Å²) in [5.41, 5.74) is 1.77. The van der Waals surface area contributed by atoms with Crippen molar-refractivity contribution in [3.05, 3.63) is 76.1 Å². The molecule has 2 aromatic carbocycles. The Balaban J connectivity index is 1.28. The second kappa shape index (κ2) is 9.34. The fourth-order valence-electron chi connectivity index (χ4n) is 3.62. The highest BCUT2D eigenvalue weighted by Crippen LogP contribution is 2.23. The molecule has 31 heavy (non-hydrogen) atoms. The summed E-state index contributed by atoms with van der Waals surface area (Å²) in [4.78, 5) is 31.1. The maximum Gasteiger partial charge on any atom is 0.256 e. The Bertz CT molecular complexity index is 1080. The van der Waals surface area contributed by atoms with Gasteiger partial charge < -0.3 is 10.2 Å². The van der Waals surface area contributed by atoms with E-state index < -0.39 is 17.5 Å². The van der Waals surface area contributed by atoms with Gasteiger partial charge in [-0.15, -0.1) is 11.3 Å². The molecule has 4 rings (SSSR count). The van der Waals surface area contributed by atoms with E-state index in [2.05, 4.69) is 10.3 Å². The van der Waals surface area contributed by atoms with Crippen molar-refractivity contribution < 1.29 is 18.4 Å². The van der Waals surface area contributed by atoms with Crippen LogP contribution in [0.3, 0.4) is 0 Å². The van der Waals surface area contributed by atoms with Gasteiger partial charge in [0.2, 0.25) is 5.91 Å². The van der Waals surface area contributed by atoms with Crippen LogP contribution >= 0.6 is 11.3 Å². The van der Waals surface area contributed by atoms with Gasteiger partial charge >= 0.3 is 0 Å². The molecule has 3 aromatic rings. The molecular formula is C23H21F2N3O2S. The normalized spacial score (nSPS) is 14.5. The summed E-state index contributed by atoms with van der Waals surface area (Å²) in [6, 6.07) is 12.8. The Morgan fingerprint density at radius 3 is 2.55 bits per heavy atom. The summed E-state index contributed by atoms with van der Waals surface area (Å²) in [5.74, 6) is -2.36. The minimum absolute atomic E-state index is 0.0727. The molecule has 8 heteroatoms. The number of benzene rings is 2. The van der Waals surface area contributed by atoms with Crippen LogP contribution in [0.2, 0.25) is 0 Å². The Hall–Kier alpha value is -3.13. The number of carbonyl (C=O) groups excluding carboxylic acids is 2. The molecule has 0 bridgehead atoms. The third kappa shape index (κ3) is 4.96. The zero-order chi connectivity index (χ0) is 21.8. The standard InChI is InChI=1S/C23H21F2N3O2S/c24-17-6-7-18(19(25)12-17)23(30)28-10-8-16(9-11-28)22(29)26-13-21-27-20(14-31-21)15-4-2-1-3-5-15/h1-7,12,14,16H,8-11,13H2,(H,26,29). The predicted molar refractivity (Wildman–Crippen MR) is 114 cm³/mol. The lowest BCUT2D eigenvalue weighted by Crippen LogP contribution is -2.43. The van der Waals surface area contributed by atoms with Gasteiger partial charge in [-0.2, -0.15) is 0 Å². The highest BCUT2D eigenvalue weighted by molar-refractivity contribution is 7.09. The van der Waals surface area contributed by atoms with E-state index in [1.165, 1.54) is 16.2 Å². The number of amides is 2. The molecule has 1 N–H and O–H groups in total. The summed E-state index contributed by atoms with van der Waals surface area (Å²) in [6.07, 6.45) is 0.987. The van der Waals surface area contributed by atoms with Crippen LogP contribution in [0, 0.1) is 17.6 Å². The van der Waals surface area contributed by atoms with Crippen LogP contribution in [0.5, 0.6) is 0 Å². The number of nitrogens with zero attached hydrogens (tertiary/aromatic N) is 2. The highest BCUT2D eigenvalue weighted by Gasteiger charge is 2.29. The van der Waals surface area contributed by atoms with Gasteiger partial charge in [-0.25, -0.2) is 13.8 Å². The molecule has 0 saturated carbocycles. The zero-order valence-corrected chi connectivity index (χ0v) is 17.5. The maximum atomic E-state index is 13.9. The first-order valence-corrected chi connectivity index (χ1v) is 10.9. The van der Waals surface area contributed by atoms with Crippen LogP contribution in [0.1, 0.15) is 28.2 Å². The number of thiazole rings is 1. The lowest BCUT2D eigenvalue weighted by Gasteiger charge is -2.31. The first-order valence-electron chi connectivity index (χ1n) is 10.0. The van der Waals surface area contributed by atoms with Gasteiger partial charge in [0.1, 0.15) is 16.6 Å². The molecule has 1 aliphatic heterocycles. The molecule has 0 unspecified atom stereocenters. The number of rotatable bonds is 5. The summed E-state index contributed by atoms with van der Waals surface area (Å²) < 4.78 is 26.9. The molecule has 0 atom stereocenters. The molecule has 1 aromatic heterocycles. The highest BCUT2D eigenvalue weighted by atomic mass is 32.1. The molecule has 1 fully saturated rings. The Kier molecular flexibility index (Phi) is 6.36. The number of nitrogens with one attached hydrogen (secondary N) is 1. The SMILES string of the molecule is O=C(NCc1nc(-c2ccccc2)cs1)C1CCN(C(=O)c2ccc(F)cc2F)CC1. The van der Waals surface area contributed by atoms with Crippen molar-refractivity contribution in [2.75, 3.05) is 13.1 Å². The summed E-state index contributed by atoms with van der Waals surface area (Å²) in [7, 11) is 0. The van der Waals surface area contributed by atoms with E-state index in [1.54, 1.807) is 0 Å². The smallest absolute Gasteiger partial charge is 0.256 e. The fourth-order valence-corrected chi connectivity index (χ4v) is 4.36. The fraction of sp³-hybridized carbons (Fsp3) is 0.261. The van der Waals surface area contributed by atoms with E-state index >= 15 is 0 Å². The van der Waals surface area contributed by atoms with Crippen molar-refractivity contribution in [3.63, 3.8) is 0 Å². The first kappa shape index (κ1) is 21.1. The van der Waals surface area contributed by atoms with Gasteiger partial charge in [-0.05, 0) is 25.0 Å². The van der Waals surface area contributed by atoms with E-state index in [4.69, 9.17) is 0 Å². The number of aromatic nitrogens is 1. The van der Waals surface area contributed by atoms with Crippen LogP contribution in [0.25, 0.3) is 11.3 Å². The van der Waals surface area contributed by atoms with Gasteiger partial charge in [0, 0.05) is 36.0 Å². The van der Waals surface area contributed by atoms with Crippen molar-refractivity contribution in [1.29, 1.82) is 0 Å². The molecular weight excluding hydrogens is 420 g/mol. The monoisotopic (exact) mass is 441 g/mol. The minimum atomic E-state index is -0.872. The number of piperidine rings is 1. The van der Waals surface area contributed by atoms with Crippen LogP contribution < -0.4 is 5.32 Å². The van der Waals surface area contributed by atoms with Gasteiger partial charge in [-0.1, -0.05) is 30.3 Å². The van der Waals surface area contributed by atoms with Crippen LogP contribution in [-0.4, -0.2) is 34.8 Å². The van der Waals surface area contributed by atoms with E-state index in [1.807, 2.05) is 35.7 Å². The topological polar surface area (TPSA) is 62.3 Å². The number of hydrogen-bond donors (Lipinski definition) is 1. The lowest BCUT2D eigenvalue weighted by molar-refractivity contribution is -0.126. The van der Waals surface area contributed by atoms with Gasteiger partial charge in [0.05, 0.1) is 17.8 Å². The summed E-state index contributed by atoms with van der Waals surface area (Å²) in [6.45, 7) is 1.06. The lowest BCUT2D eigenvalue weighted by atomic mass is 9.95. The van der Waals surface area contributed by atoms with E-state index in [9.17, 15) is 18.4 Å². The minimum Gasteiger partial charge on any atom is -0.349 e. The third-order valence-electron chi connectivity index (χ3n) is 5.35. The Morgan fingerprint density at radius 2 is 1.84 bits per heavy atom.